The first-order chi connectivity index (χ1) is 10.0. The van der Waals surface area contributed by atoms with E-state index < -0.39 is 12.1 Å². The van der Waals surface area contributed by atoms with E-state index in [0.29, 0.717) is 11.4 Å². The Kier molecular flexibility index (Phi) is 4.96. The predicted molar refractivity (Wildman–Crippen MR) is 84.7 cm³/mol. The van der Waals surface area contributed by atoms with Gasteiger partial charge in [0.1, 0.15) is 4.88 Å². The zero-order valence-electron chi connectivity index (χ0n) is 12.4. The second-order valence-electron chi connectivity index (χ2n) is 4.89. The lowest BCUT2D eigenvalue weighted by molar-refractivity contribution is -0.129. The zero-order valence-corrected chi connectivity index (χ0v) is 13.3. The van der Waals surface area contributed by atoms with Crippen LogP contribution < -0.4 is 5.32 Å². The minimum Gasteiger partial charge on any atom is -0.448 e. The van der Waals surface area contributed by atoms with Crippen molar-refractivity contribution in [3.8, 4) is 0 Å². The number of esters is 1. The Bertz CT molecular complexity index is 663. The van der Waals surface area contributed by atoms with E-state index in [4.69, 9.17) is 4.74 Å². The van der Waals surface area contributed by atoms with E-state index in [1.54, 1.807) is 6.92 Å². The molecule has 1 amide bonds. The Morgan fingerprint density at radius 3 is 2.71 bits per heavy atom. The van der Waals surface area contributed by atoms with Crippen molar-refractivity contribution in [1.29, 1.82) is 0 Å². The van der Waals surface area contributed by atoms with Gasteiger partial charge in [0, 0.05) is 11.2 Å². The number of benzene rings is 1. The van der Waals surface area contributed by atoms with Gasteiger partial charge in [-0.15, -0.1) is 11.3 Å². The number of aryl methyl sites for hydroxylation is 1. The summed E-state index contributed by atoms with van der Waals surface area (Å²) in [4.78, 5) is 24.5. The fraction of sp³-hybridized carbons (Fsp3) is 0.375. The number of carbonyl (C=O) groups excluding carboxylic acids is 2. The van der Waals surface area contributed by atoms with Crippen molar-refractivity contribution in [2.45, 2.75) is 33.3 Å². The van der Waals surface area contributed by atoms with Crippen molar-refractivity contribution >= 4 is 33.3 Å². The molecule has 0 bridgehead atoms. The number of hydrogen-bond donors (Lipinski definition) is 1. The van der Waals surface area contributed by atoms with Gasteiger partial charge in [-0.3, -0.25) is 4.79 Å². The monoisotopic (exact) mass is 305 g/mol. The third-order valence-electron chi connectivity index (χ3n) is 3.23. The van der Waals surface area contributed by atoms with E-state index in [0.717, 1.165) is 22.1 Å². The molecule has 0 saturated carbocycles. The molecule has 1 aromatic carbocycles. The summed E-state index contributed by atoms with van der Waals surface area (Å²) < 4.78 is 6.31. The van der Waals surface area contributed by atoms with E-state index in [9.17, 15) is 9.59 Å². The molecule has 2 rings (SSSR count). The van der Waals surface area contributed by atoms with E-state index >= 15 is 0 Å². The zero-order chi connectivity index (χ0) is 15.4. The second-order valence-corrected chi connectivity index (χ2v) is 5.94. The molecule has 0 saturated heterocycles. The smallest absolute Gasteiger partial charge is 0.349 e. The van der Waals surface area contributed by atoms with Crippen LogP contribution in [-0.2, 0) is 9.53 Å². The minimum absolute atomic E-state index is 0.260. The van der Waals surface area contributed by atoms with E-state index in [1.807, 2.05) is 38.1 Å². The van der Waals surface area contributed by atoms with Gasteiger partial charge in [0.25, 0.3) is 5.91 Å². The molecule has 0 unspecified atom stereocenters. The molecule has 1 heterocycles. The lowest BCUT2D eigenvalue weighted by Crippen LogP contribution is -2.36. The van der Waals surface area contributed by atoms with Crippen LogP contribution in [0.2, 0.25) is 0 Å². The summed E-state index contributed by atoms with van der Waals surface area (Å²) >= 11 is 1.40. The number of carbonyl (C=O) groups is 2. The van der Waals surface area contributed by atoms with E-state index in [-0.39, 0.29) is 5.91 Å². The van der Waals surface area contributed by atoms with Crippen LogP contribution in [0, 0.1) is 6.92 Å². The number of amides is 1. The first-order valence-corrected chi connectivity index (χ1v) is 7.83. The molecule has 112 valence electrons. The van der Waals surface area contributed by atoms with Crippen molar-refractivity contribution in [2.24, 2.45) is 0 Å². The standard InChI is InChI=1S/C16H19NO3S/c1-4-9-17-15(18)11(3)20-16(19)14-10(2)12-7-5-6-8-13(12)21-14/h5-8,11H,4,9H2,1-3H3,(H,17,18)/t11-/m0/s1. The first kappa shape index (κ1) is 15.5. The highest BCUT2D eigenvalue weighted by Gasteiger charge is 2.22. The van der Waals surface area contributed by atoms with Crippen molar-refractivity contribution in [1.82, 2.24) is 5.32 Å². The van der Waals surface area contributed by atoms with Gasteiger partial charge >= 0.3 is 5.97 Å². The number of hydrogen-bond acceptors (Lipinski definition) is 4. The summed E-state index contributed by atoms with van der Waals surface area (Å²) in [5, 5.41) is 3.77. The molecule has 0 spiro atoms. The van der Waals surface area contributed by atoms with Gasteiger partial charge in [0.05, 0.1) is 0 Å². The molecule has 0 aliphatic rings. The summed E-state index contributed by atoms with van der Waals surface area (Å²) in [6.07, 6.45) is 0.0654. The lowest BCUT2D eigenvalue weighted by Gasteiger charge is -2.12. The van der Waals surface area contributed by atoms with Crippen LogP contribution in [0.1, 0.15) is 35.5 Å². The van der Waals surface area contributed by atoms with Crippen LogP contribution in [0.4, 0.5) is 0 Å². The first-order valence-electron chi connectivity index (χ1n) is 7.01. The molecule has 1 N–H and O–H groups in total. The summed E-state index contributed by atoms with van der Waals surface area (Å²) in [5.41, 5.74) is 0.904. The fourth-order valence-electron chi connectivity index (χ4n) is 2.03. The maximum atomic E-state index is 12.2. The number of thiophene rings is 1. The highest BCUT2D eigenvalue weighted by molar-refractivity contribution is 7.21. The van der Waals surface area contributed by atoms with Gasteiger partial charge in [-0.2, -0.15) is 0 Å². The largest absolute Gasteiger partial charge is 0.448 e. The maximum Gasteiger partial charge on any atom is 0.349 e. The Morgan fingerprint density at radius 1 is 1.33 bits per heavy atom. The third-order valence-corrected chi connectivity index (χ3v) is 4.48. The average molecular weight is 305 g/mol. The molecule has 0 aliphatic carbocycles. The Labute approximate surface area is 128 Å². The molecule has 21 heavy (non-hydrogen) atoms. The van der Waals surface area contributed by atoms with Crippen LogP contribution >= 0.6 is 11.3 Å². The topological polar surface area (TPSA) is 55.4 Å². The Balaban J connectivity index is 2.12. The summed E-state index contributed by atoms with van der Waals surface area (Å²) in [6, 6.07) is 7.84. The molecule has 2 aromatic rings. The summed E-state index contributed by atoms with van der Waals surface area (Å²) in [5.74, 6) is -0.697. The quantitative estimate of drug-likeness (QED) is 0.862. The second kappa shape index (κ2) is 6.72. The van der Waals surface area contributed by atoms with Gasteiger partial charge in [-0.1, -0.05) is 25.1 Å². The highest BCUT2D eigenvalue weighted by atomic mass is 32.1. The van der Waals surface area contributed by atoms with Crippen molar-refractivity contribution in [2.75, 3.05) is 6.54 Å². The van der Waals surface area contributed by atoms with E-state index in [2.05, 4.69) is 5.32 Å². The van der Waals surface area contributed by atoms with Gasteiger partial charge in [0.2, 0.25) is 0 Å². The predicted octanol–water partition coefficient (Wildman–Crippen LogP) is 3.28. The number of ether oxygens (including phenoxy) is 1. The highest BCUT2D eigenvalue weighted by Crippen LogP contribution is 2.31. The van der Waals surface area contributed by atoms with Crippen molar-refractivity contribution in [3.63, 3.8) is 0 Å². The molecular weight excluding hydrogens is 286 g/mol. The number of rotatable bonds is 5. The van der Waals surface area contributed by atoms with Gasteiger partial charge in [-0.05, 0) is 37.3 Å². The van der Waals surface area contributed by atoms with E-state index in [1.165, 1.54) is 11.3 Å². The van der Waals surface area contributed by atoms with Gasteiger partial charge in [-0.25, -0.2) is 4.79 Å². The molecule has 0 fully saturated rings. The molecule has 0 aliphatic heterocycles. The molecule has 5 heteroatoms. The van der Waals surface area contributed by atoms with Crippen molar-refractivity contribution < 1.29 is 14.3 Å². The normalized spacial score (nSPS) is 12.1. The van der Waals surface area contributed by atoms with Crippen LogP contribution in [0.3, 0.4) is 0 Å². The SMILES string of the molecule is CCCNC(=O)[C@H](C)OC(=O)c1sc2ccccc2c1C. The maximum absolute atomic E-state index is 12.2. The molecule has 1 atom stereocenters. The Hall–Kier alpha value is -1.88. The Morgan fingerprint density at radius 2 is 2.05 bits per heavy atom. The lowest BCUT2D eigenvalue weighted by atomic mass is 10.1. The van der Waals surface area contributed by atoms with Crippen LogP contribution in [-0.4, -0.2) is 24.5 Å². The molecule has 0 radical (unpaired) electrons. The minimum atomic E-state index is -0.784. The van der Waals surface area contributed by atoms with Gasteiger partial charge < -0.3 is 10.1 Å². The van der Waals surface area contributed by atoms with Crippen LogP contribution in [0.5, 0.6) is 0 Å². The number of nitrogens with one attached hydrogen (secondary N) is 1. The molecule has 4 nitrogen and oxygen atoms in total. The van der Waals surface area contributed by atoms with Gasteiger partial charge in [0.15, 0.2) is 6.10 Å². The molecule has 1 aromatic heterocycles. The van der Waals surface area contributed by atoms with Crippen LogP contribution in [0.25, 0.3) is 10.1 Å². The van der Waals surface area contributed by atoms with Crippen LogP contribution in [0.15, 0.2) is 24.3 Å². The average Bonchev–Trinajstić information content (AvgIpc) is 2.82. The van der Waals surface area contributed by atoms with Crippen molar-refractivity contribution in [3.05, 3.63) is 34.7 Å². The fourth-order valence-corrected chi connectivity index (χ4v) is 3.12. The molecular formula is C16H19NO3S. The third kappa shape index (κ3) is 3.42. The summed E-state index contributed by atoms with van der Waals surface area (Å²) in [6.45, 7) is 6.04. The number of fused-ring (bicyclic) bond motifs is 1. The summed E-state index contributed by atoms with van der Waals surface area (Å²) in [7, 11) is 0.